The van der Waals surface area contributed by atoms with E-state index < -0.39 is 0 Å². The van der Waals surface area contributed by atoms with Gasteiger partial charge in [-0.05, 0) is 24.6 Å². The molecule has 0 aliphatic rings. The molecule has 0 saturated heterocycles. The number of hydrogen-bond donors (Lipinski definition) is 2. The molecule has 1 aromatic carbocycles. The SMILES string of the molecule is C=C(C)c1cccc2sc(C(=N)N)cc12.Cl. The van der Waals surface area contributed by atoms with E-state index in [2.05, 4.69) is 6.58 Å². The highest BCUT2D eigenvalue weighted by atomic mass is 35.5. The monoisotopic (exact) mass is 252 g/mol. The molecule has 84 valence electrons. The third-order valence-corrected chi connectivity index (χ3v) is 3.42. The maximum absolute atomic E-state index is 7.41. The Morgan fingerprint density at radius 1 is 1.44 bits per heavy atom. The third kappa shape index (κ3) is 2.10. The molecule has 16 heavy (non-hydrogen) atoms. The minimum absolute atomic E-state index is 0. The van der Waals surface area contributed by atoms with Gasteiger partial charge in [0.05, 0.1) is 4.88 Å². The maximum atomic E-state index is 7.41. The van der Waals surface area contributed by atoms with Crippen LogP contribution in [0.1, 0.15) is 17.4 Å². The standard InChI is InChI=1S/C12H12N2S.ClH/c1-7(2)8-4-3-5-10-9(8)6-11(15-10)12(13)14;/h3-6H,1H2,2H3,(H3,13,14);1H. The van der Waals surface area contributed by atoms with Crippen LogP contribution in [0.15, 0.2) is 30.8 Å². The van der Waals surface area contributed by atoms with Gasteiger partial charge in [-0.15, -0.1) is 23.7 Å². The summed E-state index contributed by atoms with van der Waals surface area (Å²) >= 11 is 1.55. The second-order valence-corrected chi connectivity index (χ2v) is 4.61. The smallest absolute Gasteiger partial charge is 0.133 e. The lowest BCUT2D eigenvalue weighted by Gasteiger charge is -2.00. The molecule has 0 atom stereocenters. The maximum Gasteiger partial charge on any atom is 0.133 e. The minimum Gasteiger partial charge on any atom is -0.383 e. The summed E-state index contributed by atoms with van der Waals surface area (Å²) in [5, 5.41) is 8.55. The van der Waals surface area contributed by atoms with E-state index in [-0.39, 0.29) is 18.2 Å². The summed E-state index contributed by atoms with van der Waals surface area (Å²) in [5.41, 5.74) is 7.65. The van der Waals surface area contributed by atoms with Gasteiger partial charge >= 0.3 is 0 Å². The van der Waals surface area contributed by atoms with Crippen molar-refractivity contribution in [1.29, 1.82) is 5.41 Å². The molecule has 0 unspecified atom stereocenters. The summed E-state index contributed by atoms with van der Waals surface area (Å²) in [6.07, 6.45) is 0. The number of hydrogen-bond acceptors (Lipinski definition) is 2. The number of fused-ring (bicyclic) bond motifs is 1. The topological polar surface area (TPSA) is 49.9 Å². The first-order valence-corrected chi connectivity index (χ1v) is 5.44. The Kier molecular flexibility index (Phi) is 3.73. The van der Waals surface area contributed by atoms with E-state index in [4.69, 9.17) is 11.1 Å². The van der Waals surface area contributed by atoms with Crippen molar-refractivity contribution in [2.45, 2.75) is 6.92 Å². The molecule has 2 aromatic rings. The van der Waals surface area contributed by atoms with Gasteiger partial charge in [-0.1, -0.05) is 24.3 Å². The molecule has 2 rings (SSSR count). The quantitative estimate of drug-likeness (QED) is 0.622. The van der Waals surface area contributed by atoms with Crippen molar-refractivity contribution in [3.05, 3.63) is 41.3 Å². The summed E-state index contributed by atoms with van der Waals surface area (Å²) in [5.74, 6) is 0.129. The molecule has 4 heteroatoms. The molecule has 0 fully saturated rings. The zero-order valence-electron chi connectivity index (χ0n) is 8.91. The number of nitrogens with two attached hydrogens (primary N) is 1. The minimum atomic E-state index is 0. The fourth-order valence-electron chi connectivity index (χ4n) is 1.57. The van der Waals surface area contributed by atoms with Crippen molar-refractivity contribution < 1.29 is 0 Å². The van der Waals surface area contributed by atoms with Crippen molar-refractivity contribution in [1.82, 2.24) is 0 Å². The zero-order valence-corrected chi connectivity index (χ0v) is 10.5. The Morgan fingerprint density at radius 3 is 2.69 bits per heavy atom. The number of allylic oxidation sites excluding steroid dienone is 1. The van der Waals surface area contributed by atoms with Crippen molar-refractivity contribution in [2.75, 3.05) is 0 Å². The van der Waals surface area contributed by atoms with Gasteiger partial charge < -0.3 is 5.73 Å². The molecular weight excluding hydrogens is 240 g/mol. The van der Waals surface area contributed by atoms with E-state index in [0.29, 0.717) is 0 Å². The fourth-order valence-corrected chi connectivity index (χ4v) is 2.51. The van der Waals surface area contributed by atoms with Crippen molar-refractivity contribution in [2.24, 2.45) is 5.73 Å². The molecule has 0 amide bonds. The molecule has 0 spiro atoms. The van der Waals surface area contributed by atoms with Gasteiger partial charge in [-0.3, -0.25) is 5.41 Å². The van der Waals surface area contributed by atoms with E-state index in [1.165, 1.54) is 0 Å². The highest BCUT2D eigenvalue weighted by Gasteiger charge is 2.07. The second kappa shape index (κ2) is 4.68. The molecule has 0 aliphatic carbocycles. The van der Waals surface area contributed by atoms with Crippen molar-refractivity contribution >= 4 is 45.2 Å². The Hall–Kier alpha value is -1.32. The van der Waals surface area contributed by atoms with Crippen LogP contribution in [0.4, 0.5) is 0 Å². The van der Waals surface area contributed by atoms with E-state index in [1.807, 2.05) is 31.2 Å². The number of thiophene rings is 1. The van der Waals surface area contributed by atoms with Crippen LogP contribution in [0, 0.1) is 5.41 Å². The summed E-state index contributed by atoms with van der Waals surface area (Å²) < 4.78 is 1.15. The number of rotatable bonds is 2. The Labute approximate surface area is 105 Å². The zero-order chi connectivity index (χ0) is 11.0. The Bertz CT molecular complexity index is 557. The molecule has 2 nitrogen and oxygen atoms in total. The summed E-state index contributed by atoms with van der Waals surface area (Å²) in [6.45, 7) is 5.94. The Morgan fingerprint density at radius 2 is 2.12 bits per heavy atom. The van der Waals surface area contributed by atoms with Crippen LogP contribution in [0.3, 0.4) is 0 Å². The van der Waals surface area contributed by atoms with Crippen LogP contribution in [-0.4, -0.2) is 5.84 Å². The van der Waals surface area contributed by atoms with E-state index in [9.17, 15) is 0 Å². The molecular formula is C12H13ClN2S. The molecule has 0 radical (unpaired) electrons. The van der Waals surface area contributed by atoms with E-state index in [1.54, 1.807) is 11.3 Å². The van der Waals surface area contributed by atoms with Crippen LogP contribution < -0.4 is 5.73 Å². The van der Waals surface area contributed by atoms with Crippen molar-refractivity contribution in [3.8, 4) is 0 Å². The number of amidine groups is 1. The predicted octanol–water partition coefficient (Wildman–Crippen LogP) is 3.64. The van der Waals surface area contributed by atoms with Crippen molar-refractivity contribution in [3.63, 3.8) is 0 Å². The number of halogens is 1. The van der Waals surface area contributed by atoms with Crippen LogP contribution >= 0.6 is 23.7 Å². The average Bonchev–Trinajstić information content (AvgIpc) is 2.60. The van der Waals surface area contributed by atoms with E-state index >= 15 is 0 Å². The first-order valence-electron chi connectivity index (χ1n) is 4.62. The summed E-state index contributed by atoms with van der Waals surface area (Å²) in [6, 6.07) is 8.05. The number of nitrogen functional groups attached to an aromatic ring is 1. The highest BCUT2D eigenvalue weighted by molar-refractivity contribution is 7.20. The van der Waals surface area contributed by atoms with Gasteiger partial charge in [-0.2, -0.15) is 0 Å². The summed E-state index contributed by atoms with van der Waals surface area (Å²) in [7, 11) is 0. The molecule has 1 aromatic heterocycles. The predicted molar refractivity (Wildman–Crippen MR) is 74.8 cm³/mol. The van der Waals surface area contributed by atoms with Gasteiger partial charge in [0.25, 0.3) is 0 Å². The lowest BCUT2D eigenvalue weighted by Crippen LogP contribution is -2.08. The van der Waals surface area contributed by atoms with Crippen LogP contribution in [0.25, 0.3) is 15.7 Å². The lowest BCUT2D eigenvalue weighted by atomic mass is 10.0. The van der Waals surface area contributed by atoms with Gasteiger partial charge in [0, 0.05) is 10.1 Å². The molecule has 3 N–H and O–H groups in total. The fraction of sp³-hybridized carbons (Fsp3) is 0.0833. The van der Waals surface area contributed by atoms with Gasteiger partial charge in [0.1, 0.15) is 5.84 Å². The number of nitrogens with one attached hydrogen (secondary N) is 1. The third-order valence-electron chi connectivity index (χ3n) is 2.29. The van der Waals surface area contributed by atoms with Crippen LogP contribution in [0.5, 0.6) is 0 Å². The number of benzene rings is 1. The van der Waals surface area contributed by atoms with Gasteiger partial charge in [0.2, 0.25) is 0 Å². The second-order valence-electron chi connectivity index (χ2n) is 3.52. The molecule has 1 heterocycles. The molecule has 0 bridgehead atoms. The van der Waals surface area contributed by atoms with Gasteiger partial charge in [-0.25, -0.2) is 0 Å². The highest BCUT2D eigenvalue weighted by Crippen LogP contribution is 2.30. The van der Waals surface area contributed by atoms with Crippen LogP contribution in [-0.2, 0) is 0 Å². The normalized spacial score (nSPS) is 9.81. The lowest BCUT2D eigenvalue weighted by molar-refractivity contribution is 1.46. The van der Waals surface area contributed by atoms with E-state index in [0.717, 1.165) is 26.1 Å². The first kappa shape index (κ1) is 12.7. The molecule has 0 saturated carbocycles. The Balaban J connectivity index is 0.00000128. The van der Waals surface area contributed by atoms with Gasteiger partial charge in [0.15, 0.2) is 0 Å². The largest absolute Gasteiger partial charge is 0.383 e. The average molecular weight is 253 g/mol. The van der Waals surface area contributed by atoms with Crippen LogP contribution in [0.2, 0.25) is 0 Å². The summed E-state index contributed by atoms with van der Waals surface area (Å²) in [4.78, 5) is 0.818. The first-order chi connectivity index (χ1) is 7.09. The molecule has 0 aliphatic heterocycles.